The monoisotopic (exact) mass is 585 g/mol. The van der Waals surface area contributed by atoms with Gasteiger partial charge in [-0.3, -0.25) is 14.4 Å². The molecule has 0 spiro atoms. The summed E-state index contributed by atoms with van der Waals surface area (Å²) in [6.45, 7) is 4.69. The van der Waals surface area contributed by atoms with Crippen molar-refractivity contribution in [1.82, 2.24) is 19.4 Å². The number of hydrogen-bond donors (Lipinski definition) is 3. The third-order valence-electron chi connectivity index (χ3n) is 7.04. The first-order valence-electron chi connectivity index (χ1n) is 13.1. The number of carbonyl (C=O) groups excluding carboxylic acids is 1. The number of aryl methyl sites for hydroxylation is 1. The molecule has 3 N–H and O–H groups in total. The first kappa shape index (κ1) is 30.0. The van der Waals surface area contributed by atoms with E-state index in [0.29, 0.717) is 19.6 Å². The number of carbonyl (C=O) groups is 2. The van der Waals surface area contributed by atoms with Crippen molar-refractivity contribution in [1.29, 1.82) is 0 Å². The highest BCUT2D eigenvalue weighted by molar-refractivity contribution is 7.92. The van der Waals surface area contributed by atoms with E-state index in [1.54, 1.807) is 55.3 Å². The maximum absolute atomic E-state index is 13.7. The van der Waals surface area contributed by atoms with Gasteiger partial charge in [-0.05, 0) is 43.8 Å². The van der Waals surface area contributed by atoms with E-state index in [2.05, 4.69) is 9.71 Å². The molecule has 1 aliphatic heterocycles. The van der Waals surface area contributed by atoms with Gasteiger partial charge in [0, 0.05) is 38.8 Å². The molecule has 0 unspecified atom stereocenters. The van der Waals surface area contributed by atoms with E-state index in [1.807, 2.05) is 18.9 Å². The van der Waals surface area contributed by atoms with Crippen LogP contribution in [0.5, 0.6) is 5.75 Å². The number of amides is 1. The largest absolute Gasteiger partial charge is 0.486 e. The van der Waals surface area contributed by atoms with Gasteiger partial charge in [0.2, 0.25) is 0 Å². The molecular weight excluding hydrogens is 550 g/mol. The molecule has 13 heteroatoms. The molecule has 12 nitrogen and oxygen atoms in total. The molecule has 0 bridgehead atoms. The van der Waals surface area contributed by atoms with Crippen LogP contribution < -0.4 is 9.46 Å². The Hall–Kier alpha value is -3.94. The summed E-state index contributed by atoms with van der Waals surface area (Å²) in [6.07, 6.45) is 2.27. The van der Waals surface area contributed by atoms with Crippen LogP contribution in [0.2, 0.25) is 0 Å². The van der Waals surface area contributed by atoms with Crippen molar-refractivity contribution in [2.45, 2.75) is 37.6 Å². The van der Waals surface area contributed by atoms with Crippen LogP contribution >= 0.6 is 0 Å². The number of likely N-dealkylation sites (N-methyl/N-ethyl adjacent to an activating group) is 1. The Morgan fingerprint density at radius 1 is 1.24 bits per heavy atom. The smallest absolute Gasteiger partial charge is 0.335 e. The minimum Gasteiger partial charge on any atom is -0.486 e. The highest BCUT2D eigenvalue weighted by Crippen LogP contribution is 2.36. The first-order chi connectivity index (χ1) is 19.4. The third-order valence-corrected chi connectivity index (χ3v) is 8.29. The van der Waals surface area contributed by atoms with Gasteiger partial charge in [0.15, 0.2) is 10.8 Å². The Morgan fingerprint density at radius 3 is 2.56 bits per heavy atom. The molecule has 220 valence electrons. The van der Waals surface area contributed by atoms with Crippen molar-refractivity contribution in [2.75, 3.05) is 31.5 Å². The summed E-state index contributed by atoms with van der Waals surface area (Å²) in [5.41, 5.74) is 1.39. The molecule has 1 aliphatic rings. The van der Waals surface area contributed by atoms with Crippen molar-refractivity contribution < 1.29 is 33.0 Å². The van der Waals surface area contributed by atoms with Gasteiger partial charge in [-0.25, -0.2) is 9.78 Å². The summed E-state index contributed by atoms with van der Waals surface area (Å²) in [5.74, 6) is -1.47. The van der Waals surface area contributed by atoms with Crippen molar-refractivity contribution in [3.8, 4) is 5.75 Å². The lowest BCUT2D eigenvalue weighted by Crippen LogP contribution is -2.49. The minimum absolute atomic E-state index is 0.0999. The van der Waals surface area contributed by atoms with Crippen molar-refractivity contribution in [3.63, 3.8) is 0 Å². The van der Waals surface area contributed by atoms with Gasteiger partial charge < -0.3 is 24.4 Å². The zero-order valence-corrected chi connectivity index (χ0v) is 24.2. The fourth-order valence-corrected chi connectivity index (χ4v) is 5.75. The number of aliphatic hydroxyl groups excluding tert-OH is 1. The summed E-state index contributed by atoms with van der Waals surface area (Å²) < 4.78 is 36.8. The fourth-order valence-electron chi connectivity index (χ4n) is 4.70. The zero-order chi connectivity index (χ0) is 29.9. The van der Waals surface area contributed by atoms with Crippen LogP contribution in [0.25, 0.3) is 0 Å². The van der Waals surface area contributed by atoms with Gasteiger partial charge in [-0.15, -0.1) is 0 Å². The number of ether oxygens (including phenoxy) is 1. The van der Waals surface area contributed by atoms with E-state index in [1.165, 1.54) is 23.2 Å². The average Bonchev–Trinajstić information content (AvgIpc) is 3.38. The zero-order valence-electron chi connectivity index (χ0n) is 23.4. The lowest BCUT2D eigenvalue weighted by atomic mass is 9.99. The van der Waals surface area contributed by atoms with Gasteiger partial charge >= 0.3 is 5.97 Å². The SMILES string of the molecule is C[C@H](CO)N1C[C@H](C)[C@H](CN(C)Cc2ccc(C(=O)O)cc2)Oc2c(NS(=O)(=O)c3cn(C)cn3)cccc2C1=O. The lowest BCUT2D eigenvalue weighted by molar-refractivity contribution is 0.0343. The second-order valence-corrected chi connectivity index (χ2v) is 12.1. The van der Waals surface area contributed by atoms with Gasteiger partial charge in [0.1, 0.15) is 6.10 Å². The van der Waals surface area contributed by atoms with E-state index < -0.39 is 28.1 Å². The van der Waals surface area contributed by atoms with Gasteiger partial charge in [0.05, 0.1) is 35.8 Å². The molecule has 2 aromatic carbocycles. The molecule has 1 amide bonds. The molecular formula is C28H35N5O7S. The molecule has 1 aromatic heterocycles. The van der Waals surface area contributed by atoms with Crippen molar-refractivity contribution >= 4 is 27.6 Å². The standard InChI is InChI=1S/C28H35N5O7S/c1-18-12-33(19(2)16-34)27(35)22-6-5-7-23(30-41(38,39)25-15-32(4)17-29-25)26(22)40-24(18)14-31(3)13-20-8-10-21(11-9-20)28(36)37/h5-11,15,17-19,24,30,34H,12-14,16H2,1-4H3,(H,36,37)/t18-,19+,24-/m0/s1. The van der Waals surface area contributed by atoms with Crippen LogP contribution in [-0.4, -0.2) is 88.7 Å². The molecule has 0 fully saturated rings. The maximum atomic E-state index is 13.7. The Bertz CT molecular complexity index is 1510. The Balaban J connectivity index is 1.67. The number of rotatable bonds is 10. The molecule has 0 aliphatic carbocycles. The number of aromatic nitrogens is 2. The topological polar surface area (TPSA) is 154 Å². The van der Waals surface area contributed by atoms with Crippen LogP contribution in [0.4, 0.5) is 5.69 Å². The van der Waals surface area contributed by atoms with Crippen molar-refractivity contribution in [3.05, 3.63) is 71.7 Å². The van der Waals surface area contributed by atoms with Crippen LogP contribution in [0.1, 0.15) is 40.1 Å². The van der Waals surface area contributed by atoms with E-state index in [4.69, 9.17) is 4.74 Å². The molecule has 2 heterocycles. The Morgan fingerprint density at radius 2 is 1.95 bits per heavy atom. The van der Waals surface area contributed by atoms with Crippen molar-refractivity contribution in [2.24, 2.45) is 13.0 Å². The van der Waals surface area contributed by atoms with Crippen LogP contribution in [0.3, 0.4) is 0 Å². The molecule has 0 saturated heterocycles. The summed E-state index contributed by atoms with van der Waals surface area (Å²) in [5, 5.41) is 18.9. The first-order valence-corrected chi connectivity index (χ1v) is 14.6. The third kappa shape index (κ3) is 6.87. The van der Waals surface area contributed by atoms with Gasteiger partial charge in [0.25, 0.3) is 15.9 Å². The number of benzene rings is 2. The van der Waals surface area contributed by atoms with E-state index >= 15 is 0 Å². The highest BCUT2D eigenvalue weighted by atomic mass is 32.2. The number of aliphatic hydroxyl groups is 1. The summed E-state index contributed by atoms with van der Waals surface area (Å²) in [4.78, 5) is 32.4. The number of hydrogen-bond acceptors (Lipinski definition) is 8. The highest BCUT2D eigenvalue weighted by Gasteiger charge is 2.35. The van der Waals surface area contributed by atoms with Crippen LogP contribution in [0.15, 0.2) is 60.0 Å². The normalized spacial score (nSPS) is 18.3. The van der Waals surface area contributed by atoms with Crippen LogP contribution in [0, 0.1) is 5.92 Å². The predicted molar refractivity (Wildman–Crippen MR) is 151 cm³/mol. The van der Waals surface area contributed by atoms with E-state index in [0.717, 1.165) is 5.56 Å². The van der Waals surface area contributed by atoms with E-state index in [9.17, 15) is 28.2 Å². The van der Waals surface area contributed by atoms with Gasteiger partial charge in [-0.1, -0.05) is 25.1 Å². The number of anilines is 1. The summed E-state index contributed by atoms with van der Waals surface area (Å²) in [7, 11) is -0.525. The number of imidazole rings is 1. The number of para-hydroxylation sites is 1. The Labute approximate surface area is 239 Å². The Kier molecular flexibility index (Phi) is 9.00. The molecule has 3 atom stereocenters. The summed E-state index contributed by atoms with van der Waals surface area (Å²) >= 11 is 0. The quantitative estimate of drug-likeness (QED) is 0.325. The molecule has 0 radical (unpaired) electrons. The molecule has 3 aromatic rings. The fraction of sp³-hybridized carbons (Fsp3) is 0.393. The second kappa shape index (κ2) is 12.3. The minimum atomic E-state index is -4.08. The molecule has 0 saturated carbocycles. The predicted octanol–water partition coefficient (Wildman–Crippen LogP) is 2.27. The number of fused-ring (bicyclic) bond motifs is 1. The van der Waals surface area contributed by atoms with E-state index in [-0.39, 0.29) is 46.0 Å². The average molecular weight is 586 g/mol. The second-order valence-electron chi connectivity index (χ2n) is 10.5. The number of nitrogens with one attached hydrogen (secondary N) is 1. The van der Waals surface area contributed by atoms with Crippen LogP contribution in [-0.2, 0) is 23.6 Å². The maximum Gasteiger partial charge on any atom is 0.335 e. The number of nitrogens with zero attached hydrogens (tertiary/aromatic N) is 4. The molecule has 41 heavy (non-hydrogen) atoms. The number of carboxylic acids is 1. The lowest BCUT2D eigenvalue weighted by Gasteiger charge is -2.38. The number of aromatic carboxylic acids is 1. The molecule has 4 rings (SSSR count). The number of sulfonamides is 1. The summed E-state index contributed by atoms with van der Waals surface area (Å²) in [6, 6.07) is 10.8. The van der Waals surface area contributed by atoms with Gasteiger partial charge in [-0.2, -0.15) is 8.42 Å². The number of carboxylic acid groups (broad SMARTS) is 1.